The van der Waals surface area contributed by atoms with Crippen LogP contribution in [0.5, 0.6) is 0 Å². The highest BCUT2D eigenvalue weighted by Crippen LogP contribution is 2.11. The highest BCUT2D eigenvalue weighted by molar-refractivity contribution is 7.15. The van der Waals surface area contributed by atoms with E-state index in [1.165, 1.54) is 0 Å². The van der Waals surface area contributed by atoms with Gasteiger partial charge in [-0.2, -0.15) is 0 Å². The number of amidine groups is 1. The first-order valence-electron chi connectivity index (χ1n) is 5.80. The lowest BCUT2D eigenvalue weighted by Gasteiger charge is -2.06. The Morgan fingerprint density at radius 1 is 1.56 bits per heavy atom. The lowest BCUT2D eigenvalue weighted by atomic mass is 10.3. The number of hydrogen-bond acceptors (Lipinski definition) is 5. The normalized spacial score (nSPS) is 14.8. The predicted molar refractivity (Wildman–Crippen MR) is 69.6 cm³/mol. The zero-order valence-electron chi connectivity index (χ0n) is 9.72. The van der Waals surface area contributed by atoms with Crippen LogP contribution in [0, 0.1) is 0 Å². The molecule has 0 fully saturated rings. The van der Waals surface area contributed by atoms with E-state index >= 15 is 0 Å². The first-order chi connectivity index (χ1) is 8.81. The fraction of sp³-hybridized carbons (Fsp3) is 0.364. The number of aliphatic imine (C=N–C) groups is 1. The number of thiazole rings is 1. The van der Waals surface area contributed by atoms with Gasteiger partial charge in [0.05, 0.1) is 12.1 Å². The SMILES string of the molecule is O=C(Cc1cn2ccsc2n1)NNC1=NCCC1. The molecule has 2 N–H and O–H groups in total. The quantitative estimate of drug-likeness (QED) is 0.786. The van der Waals surface area contributed by atoms with Crippen LogP contribution in [0.25, 0.3) is 4.96 Å². The number of aromatic nitrogens is 2. The molecule has 0 unspecified atom stereocenters. The summed E-state index contributed by atoms with van der Waals surface area (Å²) in [7, 11) is 0. The summed E-state index contributed by atoms with van der Waals surface area (Å²) in [6.07, 6.45) is 6.03. The Morgan fingerprint density at radius 3 is 3.28 bits per heavy atom. The standard InChI is InChI=1S/C11H13N5OS/c17-10(15-14-9-2-1-3-12-9)6-8-7-16-4-5-18-11(16)13-8/h4-5,7H,1-3,6H2,(H,12,14)(H,15,17). The van der Waals surface area contributed by atoms with E-state index in [2.05, 4.69) is 20.8 Å². The number of carbonyl (C=O) groups excluding carboxylic acids is 1. The summed E-state index contributed by atoms with van der Waals surface area (Å²) in [5.74, 6) is 0.754. The number of nitrogens with one attached hydrogen (secondary N) is 2. The molecule has 1 aliphatic heterocycles. The van der Waals surface area contributed by atoms with Crippen LogP contribution >= 0.6 is 11.3 Å². The summed E-state index contributed by atoms with van der Waals surface area (Å²) < 4.78 is 1.92. The van der Waals surface area contributed by atoms with Crippen molar-refractivity contribution in [2.45, 2.75) is 19.3 Å². The van der Waals surface area contributed by atoms with E-state index in [4.69, 9.17) is 0 Å². The third-order valence-corrected chi connectivity index (χ3v) is 3.48. The van der Waals surface area contributed by atoms with Crippen LogP contribution in [-0.2, 0) is 11.2 Å². The minimum atomic E-state index is -0.102. The fourth-order valence-corrected chi connectivity index (χ4v) is 2.57. The summed E-state index contributed by atoms with van der Waals surface area (Å²) >= 11 is 1.55. The zero-order valence-corrected chi connectivity index (χ0v) is 10.5. The summed E-state index contributed by atoms with van der Waals surface area (Å²) in [4.78, 5) is 21.2. The maximum Gasteiger partial charge on any atom is 0.244 e. The molecule has 0 aromatic carbocycles. The number of hydrazine groups is 1. The molecule has 0 atom stereocenters. The van der Waals surface area contributed by atoms with Crippen LogP contribution in [0.15, 0.2) is 22.8 Å². The average molecular weight is 263 g/mol. The molecule has 3 rings (SSSR count). The van der Waals surface area contributed by atoms with Gasteiger partial charge in [-0.25, -0.2) is 4.98 Å². The van der Waals surface area contributed by atoms with Crippen LogP contribution < -0.4 is 10.9 Å². The van der Waals surface area contributed by atoms with Crippen LogP contribution in [0.1, 0.15) is 18.5 Å². The second-order valence-electron chi connectivity index (χ2n) is 4.11. The van der Waals surface area contributed by atoms with Gasteiger partial charge >= 0.3 is 0 Å². The van der Waals surface area contributed by atoms with E-state index in [1.807, 2.05) is 22.2 Å². The number of hydrogen-bond donors (Lipinski definition) is 2. The lowest BCUT2D eigenvalue weighted by Crippen LogP contribution is -2.41. The van der Waals surface area contributed by atoms with Gasteiger partial charge in [0.2, 0.25) is 5.91 Å². The maximum atomic E-state index is 11.7. The highest BCUT2D eigenvalue weighted by atomic mass is 32.1. The smallest absolute Gasteiger partial charge is 0.244 e. The number of nitrogens with zero attached hydrogens (tertiary/aromatic N) is 3. The molecule has 1 amide bonds. The predicted octanol–water partition coefficient (Wildman–Crippen LogP) is 0.751. The molecule has 0 aliphatic carbocycles. The van der Waals surface area contributed by atoms with Gasteiger partial charge in [0.15, 0.2) is 4.96 Å². The third-order valence-electron chi connectivity index (χ3n) is 2.71. The van der Waals surface area contributed by atoms with Crippen molar-refractivity contribution in [2.24, 2.45) is 4.99 Å². The Kier molecular flexibility index (Phi) is 2.97. The summed E-state index contributed by atoms with van der Waals surface area (Å²) in [5.41, 5.74) is 6.26. The molecule has 1 aliphatic rings. The van der Waals surface area contributed by atoms with E-state index in [1.54, 1.807) is 11.3 Å². The first kappa shape index (κ1) is 11.2. The zero-order chi connectivity index (χ0) is 12.4. The second-order valence-corrected chi connectivity index (χ2v) is 4.98. The Balaban J connectivity index is 1.55. The molecule has 6 nitrogen and oxygen atoms in total. The molecule has 94 valence electrons. The molecule has 3 heterocycles. The van der Waals surface area contributed by atoms with Gasteiger partial charge in [-0.3, -0.25) is 25.0 Å². The lowest BCUT2D eigenvalue weighted by molar-refractivity contribution is -0.121. The molecule has 0 saturated heterocycles. The molecular weight excluding hydrogens is 250 g/mol. The van der Waals surface area contributed by atoms with Crippen LogP contribution in [-0.4, -0.2) is 27.7 Å². The van der Waals surface area contributed by atoms with E-state index in [0.29, 0.717) is 0 Å². The van der Waals surface area contributed by atoms with Crippen LogP contribution in [0.3, 0.4) is 0 Å². The number of imidazole rings is 1. The number of amides is 1. The Hall–Kier alpha value is -1.89. The molecule has 2 aromatic heterocycles. The van der Waals surface area contributed by atoms with Gasteiger partial charge in [0, 0.05) is 30.7 Å². The number of fused-ring (bicyclic) bond motifs is 1. The van der Waals surface area contributed by atoms with Gasteiger partial charge < -0.3 is 0 Å². The molecular formula is C11H13N5OS. The largest absolute Gasteiger partial charge is 0.297 e. The van der Waals surface area contributed by atoms with Crippen molar-refractivity contribution in [2.75, 3.05) is 6.54 Å². The summed E-state index contributed by atoms with van der Waals surface area (Å²) in [6.45, 7) is 0.843. The van der Waals surface area contributed by atoms with Crippen molar-refractivity contribution in [1.29, 1.82) is 0 Å². The Labute approximate surface area is 108 Å². The van der Waals surface area contributed by atoms with Crippen molar-refractivity contribution < 1.29 is 4.79 Å². The van der Waals surface area contributed by atoms with Crippen molar-refractivity contribution in [3.63, 3.8) is 0 Å². The van der Waals surface area contributed by atoms with Gasteiger partial charge in [-0.05, 0) is 6.42 Å². The van der Waals surface area contributed by atoms with E-state index in [9.17, 15) is 4.79 Å². The second kappa shape index (κ2) is 4.77. The van der Waals surface area contributed by atoms with Crippen LogP contribution in [0.4, 0.5) is 0 Å². The van der Waals surface area contributed by atoms with Crippen molar-refractivity contribution >= 4 is 28.0 Å². The maximum absolute atomic E-state index is 11.7. The van der Waals surface area contributed by atoms with E-state index in [-0.39, 0.29) is 12.3 Å². The molecule has 0 bridgehead atoms. The van der Waals surface area contributed by atoms with E-state index < -0.39 is 0 Å². The van der Waals surface area contributed by atoms with Crippen molar-refractivity contribution in [3.8, 4) is 0 Å². The first-order valence-corrected chi connectivity index (χ1v) is 6.68. The molecule has 0 radical (unpaired) electrons. The average Bonchev–Trinajstić information content (AvgIpc) is 3.01. The van der Waals surface area contributed by atoms with Crippen LogP contribution in [0.2, 0.25) is 0 Å². The number of rotatable bonds is 2. The third kappa shape index (κ3) is 2.35. The molecule has 0 saturated carbocycles. The molecule has 7 heteroatoms. The highest BCUT2D eigenvalue weighted by Gasteiger charge is 2.10. The summed E-state index contributed by atoms with van der Waals surface area (Å²) in [5, 5.41) is 1.96. The fourth-order valence-electron chi connectivity index (χ4n) is 1.85. The van der Waals surface area contributed by atoms with Gasteiger partial charge in [-0.1, -0.05) is 0 Å². The van der Waals surface area contributed by atoms with Crippen molar-refractivity contribution in [3.05, 3.63) is 23.5 Å². The number of carbonyl (C=O) groups is 1. The molecule has 2 aromatic rings. The van der Waals surface area contributed by atoms with Gasteiger partial charge in [0.1, 0.15) is 5.84 Å². The minimum absolute atomic E-state index is 0.102. The summed E-state index contributed by atoms with van der Waals surface area (Å²) in [6, 6.07) is 0. The minimum Gasteiger partial charge on any atom is -0.297 e. The molecule has 18 heavy (non-hydrogen) atoms. The van der Waals surface area contributed by atoms with Crippen molar-refractivity contribution in [1.82, 2.24) is 20.2 Å². The van der Waals surface area contributed by atoms with Gasteiger partial charge in [0.25, 0.3) is 0 Å². The van der Waals surface area contributed by atoms with Gasteiger partial charge in [-0.15, -0.1) is 11.3 Å². The Bertz CT molecular complexity index is 571. The Morgan fingerprint density at radius 2 is 2.50 bits per heavy atom. The monoisotopic (exact) mass is 263 g/mol. The van der Waals surface area contributed by atoms with E-state index in [0.717, 1.165) is 35.9 Å². The topological polar surface area (TPSA) is 70.8 Å². The molecule has 0 spiro atoms.